The van der Waals surface area contributed by atoms with Gasteiger partial charge in [0.1, 0.15) is 5.75 Å². The van der Waals surface area contributed by atoms with E-state index < -0.39 is 0 Å². The maximum atomic E-state index is 6.13. The first kappa shape index (κ1) is 24.7. The van der Waals surface area contributed by atoms with E-state index in [9.17, 15) is 0 Å². The van der Waals surface area contributed by atoms with Crippen LogP contribution in [-0.4, -0.2) is 62.1 Å². The Morgan fingerprint density at radius 2 is 1.80 bits per heavy atom. The number of methoxy groups -OCH3 is 1. The molecule has 0 amide bonds. The quantitative estimate of drug-likeness (QED) is 0.229. The fourth-order valence-electron chi connectivity index (χ4n) is 3.44. The van der Waals surface area contributed by atoms with Crippen molar-refractivity contribution < 1.29 is 4.74 Å². The van der Waals surface area contributed by atoms with Crippen LogP contribution in [0.2, 0.25) is 5.02 Å². The summed E-state index contributed by atoms with van der Waals surface area (Å²) in [6.07, 6.45) is 0.991. The summed E-state index contributed by atoms with van der Waals surface area (Å²) in [5, 5.41) is 3.61. The van der Waals surface area contributed by atoms with Crippen molar-refractivity contribution in [2.75, 3.05) is 51.7 Å². The number of hydrogen-bond donors (Lipinski definition) is 2. The summed E-state index contributed by atoms with van der Waals surface area (Å²) < 4.78 is 5.15. The molecular weight excluding hydrogens is 513 g/mol. The number of piperazine rings is 1. The number of halogens is 2. The number of ether oxygens (including phenoxy) is 1. The molecular formula is C22H31ClIN5O. The molecule has 0 unspecified atom stereocenters. The third kappa shape index (κ3) is 7.94. The van der Waals surface area contributed by atoms with Crippen molar-refractivity contribution in [2.24, 2.45) is 10.7 Å². The van der Waals surface area contributed by atoms with Crippen molar-refractivity contribution in [3.63, 3.8) is 0 Å². The van der Waals surface area contributed by atoms with E-state index in [1.165, 1.54) is 5.56 Å². The summed E-state index contributed by atoms with van der Waals surface area (Å²) in [6, 6.07) is 16.1. The van der Waals surface area contributed by atoms with Crippen LogP contribution < -0.4 is 15.8 Å². The van der Waals surface area contributed by atoms with Gasteiger partial charge in [-0.15, -0.1) is 24.0 Å². The fourth-order valence-corrected chi connectivity index (χ4v) is 3.70. The Morgan fingerprint density at radius 1 is 1.10 bits per heavy atom. The number of rotatable bonds is 8. The van der Waals surface area contributed by atoms with E-state index >= 15 is 0 Å². The van der Waals surface area contributed by atoms with Crippen LogP contribution in [0.15, 0.2) is 53.5 Å². The van der Waals surface area contributed by atoms with Crippen molar-refractivity contribution in [2.45, 2.75) is 13.0 Å². The summed E-state index contributed by atoms with van der Waals surface area (Å²) in [5.74, 6) is 1.04. The first-order valence-corrected chi connectivity index (χ1v) is 10.4. The highest BCUT2D eigenvalue weighted by atomic mass is 127. The first-order valence-electron chi connectivity index (χ1n) is 10.0. The molecule has 0 bridgehead atoms. The van der Waals surface area contributed by atoms with Gasteiger partial charge in [-0.2, -0.15) is 0 Å². The van der Waals surface area contributed by atoms with Crippen molar-refractivity contribution in [1.82, 2.24) is 9.80 Å². The van der Waals surface area contributed by atoms with Crippen LogP contribution in [0.3, 0.4) is 0 Å². The van der Waals surface area contributed by atoms with Crippen LogP contribution in [0.1, 0.15) is 12.0 Å². The Labute approximate surface area is 201 Å². The van der Waals surface area contributed by atoms with E-state index in [2.05, 4.69) is 50.4 Å². The van der Waals surface area contributed by atoms with E-state index in [1.54, 1.807) is 19.2 Å². The number of nitrogens with zero attached hydrogens (tertiary/aromatic N) is 3. The normalized spacial score (nSPS) is 15.5. The lowest BCUT2D eigenvalue weighted by Crippen LogP contribution is -2.46. The SMILES string of the molecule is COc1ccc(NC(N)=NCCCN2CCN(Cc3ccccc3)CC2)cc1Cl.I. The molecule has 2 aromatic carbocycles. The zero-order valence-electron chi connectivity index (χ0n) is 17.4. The standard InChI is InChI=1S/C22H30ClN5O.HI/c1-29-21-9-8-19(16-20(21)23)26-22(24)25-10-5-11-27-12-14-28(15-13-27)17-18-6-3-2-4-7-18;/h2-4,6-9,16H,5,10-15,17H2,1H3,(H3,24,25,26);1H. The Bertz CT molecular complexity index is 797. The lowest BCUT2D eigenvalue weighted by molar-refractivity contribution is 0.127. The topological polar surface area (TPSA) is 66.1 Å². The van der Waals surface area contributed by atoms with E-state index in [0.29, 0.717) is 23.3 Å². The van der Waals surface area contributed by atoms with E-state index in [-0.39, 0.29) is 24.0 Å². The van der Waals surface area contributed by atoms with E-state index in [4.69, 9.17) is 22.1 Å². The van der Waals surface area contributed by atoms with Gasteiger partial charge in [0.15, 0.2) is 5.96 Å². The number of benzene rings is 2. The zero-order valence-corrected chi connectivity index (χ0v) is 20.5. The maximum Gasteiger partial charge on any atom is 0.193 e. The van der Waals surface area contributed by atoms with Gasteiger partial charge in [0.25, 0.3) is 0 Å². The molecule has 0 aliphatic carbocycles. The van der Waals surface area contributed by atoms with Crippen LogP contribution in [0.4, 0.5) is 5.69 Å². The monoisotopic (exact) mass is 543 g/mol. The number of hydrogen-bond acceptors (Lipinski definition) is 4. The lowest BCUT2D eigenvalue weighted by Gasteiger charge is -2.34. The molecule has 30 heavy (non-hydrogen) atoms. The third-order valence-corrected chi connectivity index (χ3v) is 5.35. The van der Waals surface area contributed by atoms with Crippen molar-refractivity contribution in [1.29, 1.82) is 0 Å². The highest BCUT2D eigenvalue weighted by Gasteiger charge is 2.16. The van der Waals surface area contributed by atoms with Crippen molar-refractivity contribution >= 4 is 47.2 Å². The second kappa shape index (κ2) is 13.0. The Hall–Kier alpha value is -1.55. The van der Waals surface area contributed by atoms with Gasteiger partial charge in [-0.1, -0.05) is 41.9 Å². The molecule has 8 heteroatoms. The minimum Gasteiger partial charge on any atom is -0.495 e. The summed E-state index contributed by atoms with van der Waals surface area (Å²) in [4.78, 5) is 9.44. The Kier molecular flexibility index (Phi) is 10.7. The van der Waals surface area contributed by atoms with Crippen molar-refractivity contribution in [3.8, 4) is 5.75 Å². The van der Waals surface area contributed by atoms with Crippen LogP contribution in [0.25, 0.3) is 0 Å². The predicted molar refractivity (Wildman–Crippen MR) is 136 cm³/mol. The number of nitrogens with one attached hydrogen (secondary N) is 1. The molecule has 0 aromatic heterocycles. The molecule has 3 rings (SSSR count). The zero-order chi connectivity index (χ0) is 20.5. The summed E-state index contributed by atoms with van der Waals surface area (Å²) >= 11 is 6.13. The summed E-state index contributed by atoms with van der Waals surface area (Å²) in [5.41, 5.74) is 8.16. The molecule has 0 radical (unpaired) electrons. The van der Waals surface area contributed by atoms with Crippen molar-refractivity contribution in [3.05, 3.63) is 59.1 Å². The van der Waals surface area contributed by atoms with E-state index in [0.717, 1.165) is 51.4 Å². The highest BCUT2D eigenvalue weighted by Crippen LogP contribution is 2.27. The first-order chi connectivity index (χ1) is 14.1. The molecule has 0 spiro atoms. The summed E-state index contributed by atoms with van der Waals surface area (Å²) in [7, 11) is 1.59. The molecule has 1 saturated heterocycles. The lowest BCUT2D eigenvalue weighted by atomic mass is 10.2. The molecule has 1 aliphatic heterocycles. The van der Waals surface area contributed by atoms with Gasteiger partial charge in [0.2, 0.25) is 0 Å². The van der Waals surface area contributed by atoms with Crippen LogP contribution in [-0.2, 0) is 6.54 Å². The second-order valence-corrected chi connectivity index (χ2v) is 7.61. The minimum absolute atomic E-state index is 0. The molecule has 164 valence electrons. The average molecular weight is 544 g/mol. The van der Waals surface area contributed by atoms with Gasteiger partial charge in [-0.25, -0.2) is 0 Å². The van der Waals surface area contributed by atoms with Gasteiger partial charge < -0.3 is 20.7 Å². The Balaban J connectivity index is 0.00000320. The van der Waals surface area contributed by atoms with Gasteiger partial charge in [-0.3, -0.25) is 9.89 Å². The minimum atomic E-state index is 0. The molecule has 1 fully saturated rings. The largest absolute Gasteiger partial charge is 0.495 e. The molecule has 0 saturated carbocycles. The number of nitrogens with two attached hydrogens (primary N) is 1. The second-order valence-electron chi connectivity index (χ2n) is 7.20. The predicted octanol–water partition coefficient (Wildman–Crippen LogP) is 3.90. The van der Waals surface area contributed by atoms with Crippen LogP contribution in [0, 0.1) is 0 Å². The molecule has 3 N–H and O–H groups in total. The van der Waals surface area contributed by atoms with Gasteiger partial charge in [-0.05, 0) is 30.2 Å². The third-order valence-electron chi connectivity index (χ3n) is 5.05. The molecule has 0 atom stereocenters. The Morgan fingerprint density at radius 3 is 2.47 bits per heavy atom. The maximum absolute atomic E-state index is 6.13. The van der Waals surface area contributed by atoms with Crippen LogP contribution in [0.5, 0.6) is 5.75 Å². The van der Waals surface area contributed by atoms with E-state index in [1.807, 2.05) is 6.07 Å². The molecule has 6 nitrogen and oxygen atoms in total. The molecule has 1 aliphatic rings. The fraction of sp³-hybridized carbons (Fsp3) is 0.409. The number of anilines is 1. The van der Waals surface area contributed by atoms with Crippen LogP contribution >= 0.6 is 35.6 Å². The van der Waals surface area contributed by atoms with Gasteiger partial charge in [0.05, 0.1) is 12.1 Å². The number of guanidine groups is 1. The van der Waals surface area contributed by atoms with Gasteiger partial charge in [0, 0.05) is 51.5 Å². The molecule has 2 aromatic rings. The number of aliphatic imine (C=N–C) groups is 1. The van der Waals surface area contributed by atoms with Gasteiger partial charge >= 0.3 is 0 Å². The molecule has 1 heterocycles. The highest BCUT2D eigenvalue weighted by molar-refractivity contribution is 14.0. The summed E-state index contributed by atoms with van der Waals surface area (Å²) in [6.45, 7) is 7.22. The average Bonchev–Trinajstić information content (AvgIpc) is 2.73. The smallest absolute Gasteiger partial charge is 0.193 e.